The summed E-state index contributed by atoms with van der Waals surface area (Å²) in [6.45, 7) is 3.61. The van der Waals surface area contributed by atoms with Gasteiger partial charge in [-0.25, -0.2) is 8.42 Å². The van der Waals surface area contributed by atoms with Gasteiger partial charge in [0.1, 0.15) is 5.75 Å². The van der Waals surface area contributed by atoms with Crippen LogP contribution in [0.15, 0.2) is 47.4 Å². The van der Waals surface area contributed by atoms with E-state index in [0.29, 0.717) is 17.0 Å². The highest BCUT2D eigenvalue weighted by Gasteiger charge is 2.23. The predicted octanol–water partition coefficient (Wildman–Crippen LogP) is 2.76. The van der Waals surface area contributed by atoms with Crippen LogP contribution in [0.25, 0.3) is 0 Å². The minimum atomic E-state index is -3.69. The van der Waals surface area contributed by atoms with Gasteiger partial charge in [-0.05, 0) is 62.6 Å². The molecule has 0 aromatic heterocycles. The van der Waals surface area contributed by atoms with Gasteiger partial charge in [-0.1, -0.05) is 17.7 Å². The maximum Gasteiger partial charge on any atom is 0.261 e. The number of aryl methyl sites for hydroxylation is 2. The van der Waals surface area contributed by atoms with Crippen molar-refractivity contribution < 1.29 is 17.9 Å². The van der Waals surface area contributed by atoms with Crippen LogP contribution < -0.4 is 14.8 Å². The first kappa shape index (κ1) is 18.3. The number of hydrogen-bond donors (Lipinski definition) is 2. The Morgan fingerprint density at radius 2 is 1.81 bits per heavy atom. The lowest BCUT2D eigenvalue weighted by Gasteiger charge is -2.12. The molecule has 0 unspecified atom stereocenters. The van der Waals surface area contributed by atoms with E-state index < -0.39 is 10.0 Å². The number of benzene rings is 2. The smallest absolute Gasteiger partial charge is 0.261 e. The second kappa shape index (κ2) is 7.37. The standard InChI is InChI=1S/C19H22N2O4S/c1-13-3-5-16(6-4-13)21-26(23,24)17-9-10-18(14(2)11-17)25-12-19(22)20-15-7-8-15/h3-6,9-11,15,21H,7-8,12H2,1-2H3,(H,20,22). The monoisotopic (exact) mass is 374 g/mol. The molecule has 26 heavy (non-hydrogen) atoms. The van der Waals surface area contributed by atoms with Gasteiger partial charge < -0.3 is 10.1 Å². The maximum atomic E-state index is 12.5. The van der Waals surface area contributed by atoms with Crippen molar-refractivity contribution >= 4 is 21.6 Å². The Morgan fingerprint density at radius 3 is 2.42 bits per heavy atom. The van der Waals surface area contributed by atoms with Crippen LogP contribution in [0.5, 0.6) is 5.75 Å². The summed E-state index contributed by atoms with van der Waals surface area (Å²) in [6, 6.07) is 12.0. The highest BCUT2D eigenvalue weighted by Crippen LogP contribution is 2.24. The van der Waals surface area contributed by atoms with Gasteiger partial charge in [-0.2, -0.15) is 0 Å². The van der Waals surface area contributed by atoms with Gasteiger partial charge in [0, 0.05) is 11.7 Å². The van der Waals surface area contributed by atoms with Gasteiger partial charge in [0.15, 0.2) is 6.61 Å². The molecule has 2 aromatic rings. The van der Waals surface area contributed by atoms with Gasteiger partial charge in [-0.3, -0.25) is 9.52 Å². The predicted molar refractivity (Wildman–Crippen MR) is 99.8 cm³/mol. The summed E-state index contributed by atoms with van der Waals surface area (Å²) >= 11 is 0. The van der Waals surface area contributed by atoms with Gasteiger partial charge in [0.05, 0.1) is 4.90 Å². The van der Waals surface area contributed by atoms with Crippen LogP contribution in [0, 0.1) is 13.8 Å². The molecule has 1 saturated carbocycles. The lowest BCUT2D eigenvalue weighted by atomic mass is 10.2. The van der Waals surface area contributed by atoms with E-state index in [4.69, 9.17) is 4.74 Å². The van der Waals surface area contributed by atoms with E-state index in [0.717, 1.165) is 18.4 Å². The molecule has 0 atom stereocenters. The van der Waals surface area contributed by atoms with Crippen LogP contribution in [-0.2, 0) is 14.8 Å². The molecule has 1 aliphatic carbocycles. The first-order valence-electron chi connectivity index (χ1n) is 8.46. The molecule has 0 bridgehead atoms. The lowest BCUT2D eigenvalue weighted by Crippen LogP contribution is -2.30. The van der Waals surface area contributed by atoms with Gasteiger partial charge in [-0.15, -0.1) is 0 Å². The second-order valence-electron chi connectivity index (χ2n) is 6.53. The average Bonchev–Trinajstić information content (AvgIpc) is 3.39. The topological polar surface area (TPSA) is 84.5 Å². The molecule has 0 saturated heterocycles. The molecule has 6 nitrogen and oxygen atoms in total. The lowest BCUT2D eigenvalue weighted by molar-refractivity contribution is -0.123. The number of ether oxygens (including phenoxy) is 1. The van der Waals surface area contributed by atoms with Gasteiger partial charge in [0.25, 0.3) is 15.9 Å². The summed E-state index contributed by atoms with van der Waals surface area (Å²) in [7, 11) is -3.69. The summed E-state index contributed by atoms with van der Waals surface area (Å²) in [6.07, 6.45) is 2.04. The van der Waals surface area contributed by atoms with Crippen molar-refractivity contribution in [3.05, 3.63) is 53.6 Å². The molecule has 2 N–H and O–H groups in total. The van der Waals surface area contributed by atoms with E-state index in [-0.39, 0.29) is 23.5 Å². The normalized spacial score (nSPS) is 13.9. The van der Waals surface area contributed by atoms with Crippen molar-refractivity contribution in [3.8, 4) is 5.75 Å². The Kier molecular flexibility index (Phi) is 5.18. The summed E-state index contributed by atoms with van der Waals surface area (Å²) in [5.41, 5.74) is 2.21. The summed E-state index contributed by atoms with van der Waals surface area (Å²) < 4.78 is 33.1. The minimum absolute atomic E-state index is 0.0783. The van der Waals surface area contributed by atoms with Crippen molar-refractivity contribution in [1.29, 1.82) is 0 Å². The fourth-order valence-electron chi connectivity index (χ4n) is 2.43. The summed E-state index contributed by atoms with van der Waals surface area (Å²) in [5, 5.41) is 2.84. The van der Waals surface area contributed by atoms with E-state index in [1.165, 1.54) is 12.1 Å². The number of anilines is 1. The SMILES string of the molecule is Cc1ccc(NS(=O)(=O)c2ccc(OCC(=O)NC3CC3)c(C)c2)cc1. The maximum absolute atomic E-state index is 12.5. The van der Waals surface area contributed by atoms with Crippen LogP contribution >= 0.6 is 0 Å². The van der Waals surface area contributed by atoms with Crippen LogP contribution in [0.1, 0.15) is 24.0 Å². The van der Waals surface area contributed by atoms with E-state index >= 15 is 0 Å². The zero-order chi connectivity index (χ0) is 18.7. The van der Waals surface area contributed by atoms with Crippen LogP contribution in [0.2, 0.25) is 0 Å². The zero-order valence-corrected chi connectivity index (χ0v) is 15.6. The zero-order valence-electron chi connectivity index (χ0n) is 14.8. The summed E-state index contributed by atoms with van der Waals surface area (Å²) in [4.78, 5) is 11.8. The average molecular weight is 374 g/mol. The molecule has 0 aliphatic heterocycles. The molecule has 1 fully saturated rings. The molecule has 0 spiro atoms. The van der Waals surface area contributed by atoms with E-state index in [2.05, 4.69) is 10.0 Å². The third-order valence-electron chi connectivity index (χ3n) is 4.06. The minimum Gasteiger partial charge on any atom is -0.484 e. The molecular formula is C19H22N2O4S. The molecule has 2 aromatic carbocycles. The van der Waals surface area contributed by atoms with Crippen molar-refractivity contribution in [2.75, 3.05) is 11.3 Å². The third kappa shape index (κ3) is 4.76. The Balaban J connectivity index is 1.67. The van der Waals surface area contributed by atoms with Crippen LogP contribution in [0.4, 0.5) is 5.69 Å². The van der Waals surface area contributed by atoms with Gasteiger partial charge >= 0.3 is 0 Å². The van der Waals surface area contributed by atoms with Crippen molar-refractivity contribution in [2.45, 2.75) is 37.6 Å². The number of carbonyl (C=O) groups excluding carboxylic acids is 1. The number of hydrogen-bond acceptors (Lipinski definition) is 4. The van der Waals surface area contributed by atoms with Crippen LogP contribution in [-0.4, -0.2) is 27.0 Å². The number of carbonyl (C=O) groups is 1. The largest absolute Gasteiger partial charge is 0.484 e. The summed E-state index contributed by atoms with van der Waals surface area (Å²) in [5.74, 6) is 0.329. The Hall–Kier alpha value is -2.54. The fourth-order valence-corrected chi connectivity index (χ4v) is 3.57. The Morgan fingerprint density at radius 1 is 1.12 bits per heavy atom. The first-order valence-corrected chi connectivity index (χ1v) is 9.94. The number of amides is 1. The number of sulfonamides is 1. The van der Waals surface area contributed by atoms with Gasteiger partial charge in [0.2, 0.25) is 0 Å². The van der Waals surface area contributed by atoms with Crippen molar-refractivity contribution in [3.63, 3.8) is 0 Å². The molecule has 7 heteroatoms. The quantitative estimate of drug-likeness (QED) is 0.780. The highest BCUT2D eigenvalue weighted by molar-refractivity contribution is 7.92. The molecule has 0 heterocycles. The molecule has 1 aliphatic rings. The first-order chi connectivity index (χ1) is 12.3. The molecule has 3 rings (SSSR count). The number of nitrogens with one attached hydrogen (secondary N) is 2. The number of rotatable bonds is 7. The molecule has 138 valence electrons. The van der Waals surface area contributed by atoms with Crippen molar-refractivity contribution in [1.82, 2.24) is 5.32 Å². The molecule has 1 amide bonds. The van der Waals surface area contributed by atoms with Crippen molar-refractivity contribution in [2.24, 2.45) is 0 Å². The molecular weight excluding hydrogens is 352 g/mol. The highest BCUT2D eigenvalue weighted by atomic mass is 32.2. The van der Waals surface area contributed by atoms with E-state index in [1.54, 1.807) is 25.1 Å². The van der Waals surface area contributed by atoms with E-state index in [1.807, 2.05) is 19.1 Å². The van der Waals surface area contributed by atoms with E-state index in [9.17, 15) is 13.2 Å². The second-order valence-corrected chi connectivity index (χ2v) is 8.21. The Labute approximate surface area is 153 Å². The fraction of sp³-hybridized carbons (Fsp3) is 0.316. The van der Waals surface area contributed by atoms with Crippen LogP contribution in [0.3, 0.4) is 0 Å². The third-order valence-corrected chi connectivity index (χ3v) is 5.44. The molecule has 0 radical (unpaired) electrons. The Bertz CT molecular complexity index is 904.